The molecule has 0 spiro atoms. The smallest absolute Gasteiger partial charge is 0.307 e. The number of nitrogens with zero attached hydrogens (tertiary/aromatic N) is 1. The zero-order chi connectivity index (χ0) is 20.0. The summed E-state index contributed by atoms with van der Waals surface area (Å²) in [5, 5.41) is 2.63. The van der Waals surface area contributed by atoms with E-state index < -0.39 is 38.4 Å². The third-order valence-electron chi connectivity index (χ3n) is 4.27. The summed E-state index contributed by atoms with van der Waals surface area (Å²) >= 11 is 0. The van der Waals surface area contributed by atoms with E-state index in [-0.39, 0.29) is 51.4 Å². The molecular weight excluding hydrogens is 382 g/mol. The molecule has 0 saturated carbocycles. The first-order chi connectivity index (χ1) is 12.8. The van der Waals surface area contributed by atoms with Gasteiger partial charge in [-0.2, -0.15) is 4.31 Å². The van der Waals surface area contributed by atoms with E-state index in [1.54, 1.807) is 6.92 Å². The highest BCUT2D eigenvalue weighted by molar-refractivity contribution is 7.89. The van der Waals surface area contributed by atoms with E-state index in [2.05, 4.69) is 5.32 Å². The number of amides is 1. The molecule has 2 rings (SSSR count). The molecule has 1 fully saturated rings. The van der Waals surface area contributed by atoms with Gasteiger partial charge in [0.2, 0.25) is 15.9 Å². The van der Waals surface area contributed by atoms with Crippen LogP contribution in [0.15, 0.2) is 23.1 Å². The van der Waals surface area contributed by atoms with Gasteiger partial charge in [-0.1, -0.05) is 0 Å². The molecule has 1 aliphatic rings. The van der Waals surface area contributed by atoms with Crippen LogP contribution in [-0.4, -0.2) is 50.8 Å². The SMILES string of the molecule is CCOC(=O)CCNC(=O)C1CCN(S(=O)(=O)c2cc(F)ccc2F)CC1. The number of esters is 1. The molecule has 1 amide bonds. The molecule has 1 aromatic rings. The Morgan fingerprint density at radius 1 is 1.26 bits per heavy atom. The molecule has 10 heteroatoms. The molecule has 1 aromatic carbocycles. The van der Waals surface area contributed by atoms with Crippen LogP contribution >= 0.6 is 0 Å². The molecule has 0 aromatic heterocycles. The van der Waals surface area contributed by atoms with Crippen LogP contribution in [0, 0.1) is 17.6 Å². The van der Waals surface area contributed by atoms with E-state index >= 15 is 0 Å². The topological polar surface area (TPSA) is 92.8 Å². The van der Waals surface area contributed by atoms with Crippen LogP contribution in [-0.2, 0) is 24.3 Å². The third kappa shape index (κ3) is 5.46. The van der Waals surface area contributed by atoms with Crippen LogP contribution in [0.3, 0.4) is 0 Å². The zero-order valence-corrected chi connectivity index (χ0v) is 15.7. The average Bonchev–Trinajstić information content (AvgIpc) is 2.64. The number of halogens is 2. The Balaban J connectivity index is 1.90. The standard InChI is InChI=1S/C17H22F2N2O5S/c1-2-26-16(22)5-8-20-17(23)12-6-9-21(10-7-12)27(24,25)15-11-13(18)3-4-14(15)19/h3-4,11-12H,2,5-10H2,1H3,(H,20,23). The lowest BCUT2D eigenvalue weighted by molar-refractivity contribution is -0.143. The number of nitrogens with one attached hydrogen (secondary N) is 1. The number of carbonyl (C=O) groups excluding carboxylic acids is 2. The Labute approximate surface area is 156 Å². The summed E-state index contributed by atoms with van der Waals surface area (Å²) in [4.78, 5) is 22.6. The van der Waals surface area contributed by atoms with Gasteiger partial charge in [-0.3, -0.25) is 9.59 Å². The Hall–Kier alpha value is -2.07. The minimum Gasteiger partial charge on any atom is -0.466 e. The first kappa shape index (κ1) is 21.2. The lowest BCUT2D eigenvalue weighted by atomic mass is 9.97. The van der Waals surface area contributed by atoms with Crippen LogP contribution in [0.25, 0.3) is 0 Å². The van der Waals surface area contributed by atoms with E-state index in [0.29, 0.717) is 6.07 Å². The molecule has 0 bridgehead atoms. The van der Waals surface area contributed by atoms with Crippen LogP contribution < -0.4 is 5.32 Å². The van der Waals surface area contributed by atoms with Crippen molar-refractivity contribution in [2.24, 2.45) is 5.92 Å². The van der Waals surface area contributed by atoms with Gasteiger partial charge in [-0.15, -0.1) is 0 Å². The lowest BCUT2D eigenvalue weighted by Gasteiger charge is -2.30. The highest BCUT2D eigenvalue weighted by Gasteiger charge is 2.33. The summed E-state index contributed by atoms with van der Waals surface area (Å²) in [7, 11) is -4.17. The Bertz CT molecular complexity index is 793. The van der Waals surface area contributed by atoms with E-state index in [4.69, 9.17) is 4.74 Å². The number of hydrogen-bond donors (Lipinski definition) is 1. The molecule has 0 unspecified atom stereocenters. The summed E-state index contributed by atoms with van der Waals surface area (Å²) in [6.07, 6.45) is 0.564. The Morgan fingerprint density at radius 2 is 1.93 bits per heavy atom. The summed E-state index contributed by atoms with van der Waals surface area (Å²) < 4.78 is 57.9. The van der Waals surface area contributed by atoms with Crippen molar-refractivity contribution < 1.29 is 31.5 Å². The monoisotopic (exact) mass is 404 g/mol. The van der Waals surface area contributed by atoms with Gasteiger partial charge in [0.05, 0.1) is 13.0 Å². The van der Waals surface area contributed by atoms with Crippen molar-refractivity contribution in [3.8, 4) is 0 Å². The molecule has 1 N–H and O–H groups in total. The molecule has 0 atom stereocenters. The van der Waals surface area contributed by atoms with Crippen molar-refractivity contribution in [1.82, 2.24) is 9.62 Å². The average molecular weight is 404 g/mol. The summed E-state index contributed by atoms with van der Waals surface area (Å²) in [5.41, 5.74) is 0. The second-order valence-corrected chi connectivity index (χ2v) is 8.01. The lowest BCUT2D eigenvalue weighted by Crippen LogP contribution is -2.43. The quantitative estimate of drug-likeness (QED) is 0.694. The van der Waals surface area contributed by atoms with E-state index in [1.807, 2.05) is 0 Å². The van der Waals surface area contributed by atoms with Gasteiger partial charge in [-0.25, -0.2) is 17.2 Å². The third-order valence-corrected chi connectivity index (χ3v) is 6.18. The molecule has 0 radical (unpaired) electrons. The molecule has 1 saturated heterocycles. The van der Waals surface area contributed by atoms with Crippen molar-refractivity contribution in [2.45, 2.75) is 31.1 Å². The summed E-state index contributed by atoms with van der Waals surface area (Å²) in [6, 6.07) is 2.27. The largest absolute Gasteiger partial charge is 0.466 e. The van der Waals surface area contributed by atoms with E-state index in [9.17, 15) is 26.8 Å². The molecule has 27 heavy (non-hydrogen) atoms. The van der Waals surface area contributed by atoms with Crippen molar-refractivity contribution in [3.05, 3.63) is 29.8 Å². The maximum absolute atomic E-state index is 13.8. The maximum atomic E-state index is 13.8. The minimum atomic E-state index is -4.17. The number of ether oxygens (including phenoxy) is 1. The Kier molecular flexibility index (Phi) is 7.25. The fourth-order valence-electron chi connectivity index (χ4n) is 2.84. The van der Waals surface area contributed by atoms with Crippen LogP contribution in [0.4, 0.5) is 8.78 Å². The van der Waals surface area contributed by atoms with Gasteiger partial charge in [0.1, 0.15) is 16.5 Å². The van der Waals surface area contributed by atoms with Gasteiger partial charge in [0, 0.05) is 25.6 Å². The number of carbonyl (C=O) groups is 2. The first-order valence-electron chi connectivity index (χ1n) is 8.64. The Morgan fingerprint density at radius 3 is 2.56 bits per heavy atom. The minimum absolute atomic E-state index is 0.0221. The van der Waals surface area contributed by atoms with Crippen LogP contribution in [0.2, 0.25) is 0 Å². The van der Waals surface area contributed by atoms with Gasteiger partial charge in [0.25, 0.3) is 0 Å². The maximum Gasteiger partial charge on any atom is 0.307 e. The first-order valence-corrected chi connectivity index (χ1v) is 10.1. The number of piperidine rings is 1. The normalized spacial score (nSPS) is 16.1. The second kappa shape index (κ2) is 9.23. The molecule has 1 aliphatic heterocycles. The summed E-state index contributed by atoms with van der Waals surface area (Å²) in [6.45, 7) is 2.15. The van der Waals surface area contributed by atoms with Crippen molar-refractivity contribution in [3.63, 3.8) is 0 Å². The van der Waals surface area contributed by atoms with Crippen molar-refractivity contribution in [2.75, 3.05) is 26.2 Å². The predicted molar refractivity (Wildman–Crippen MR) is 92.1 cm³/mol. The summed E-state index contributed by atoms with van der Waals surface area (Å²) in [5.74, 6) is -2.94. The van der Waals surface area contributed by atoms with Gasteiger partial charge in [-0.05, 0) is 38.0 Å². The van der Waals surface area contributed by atoms with Gasteiger partial charge < -0.3 is 10.1 Å². The van der Waals surface area contributed by atoms with E-state index in [0.717, 1.165) is 16.4 Å². The van der Waals surface area contributed by atoms with Gasteiger partial charge in [0.15, 0.2) is 0 Å². The predicted octanol–water partition coefficient (Wildman–Crippen LogP) is 1.43. The number of hydrogen-bond acceptors (Lipinski definition) is 5. The molecular formula is C17H22F2N2O5S. The zero-order valence-electron chi connectivity index (χ0n) is 14.9. The fourth-order valence-corrected chi connectivity index (χ4v) is 4.38. The molecule has 7 nitrogen and oxygen atoms in total. The van der Waals surface area contributed by atoms with Crippen molar-refractivity contribution in [1.29, 1.82) is 0 Å². The fraction of sp³-hybridized carbons (Fsp3) is 0.529. The number of rotatable bonds is 7. The van der Waals surface area contributed by atoms with Crippen LogP contribution in [0.1, 0.15) is 26.2 Å². The van der Waals surface area contributed by atoms with Crippen LogP contribution in [0.5, 0.6) is 0 Å². The number of benzene rings is 1. The molecule has 1 heterocycles. The highest BCUT2D eigenvalue weighted by Crippen LogP contribution is 2.26. The van der Waals surface area contributed by atoms with Gasteiger partial charge >= 0.3 is 5.97 Å². The highest BCUT2D eigenvalue weighted by atomic mass is 32.2. The second-order valence-electron chi connectivity index (χ2n) is 6.10. The molecule has 150 valence electrons. The van der Waals surface area contributed by atoms with Crippen molar-refractivity contribution >= 4 is 21.9 Å². The number of sulfonamides is 1. The van der Waals surface area contributed by atoms with E-state index in [1.165, 1.54) is 0 Å². The molecule has 0 aliphatic carbocycles.